The van der Waals surface area contributed by atoms with Gasteiger partial charge in [-0.2, -0.15) is 0 Å². The molecule has 0 saturated carbocycles. The van der Waals surface area contributed by atoms with Crippen molar-refractivity contribution < 1.29 is 58.3 Å². The van der Waals surface area contributed by atoms with Crippen molar-refractivity contribution in [1.82, 2.24) is 10.2 Å². The van der Waals surface area contributed by atoms with Gasteiger partial charge in [-0.15, -0.1) is 0 Å². The van der Waals surface area contributed by atoms with Gasteiger partial charge in [0.25, 0.3) is 5.69 Å². The summed E-state index contributed by atoms with van der Waals surface area (Å²) >= 11 is 0. The van der Waals surface area contributed by atoms with Crippen LogP contribution >= 0.6 is 0 Å². The highest BCUT2D eigenvalue weighted by Gasteiger charge is 2.52. The first-order valence-corrected chi connectivity index (χ1v) is 18.8. The Morgan fingerprint density at radius 3 is 2.25 bits per heavy atom. The maximum Gasteiger partial charge on any atom is 0.331 e. The summed E-state index contributed by atoms with van der Waals surface area (Å²) in [4.78, 5) is 53.6. The number of hydrogen-bond donors (Lipinski definition) is 4. The predicted octanol–water partition coefficient (Wildman–Crippen LogP) is 2.99. The summed E-state index contributed by atoms with van der Waals surface area (Å²) in [5, 5.41) is 48.3. The topological polar surface area (TPSA) is 216 Å². The maximum absolute atomic E-state index is 14.1. The smallest absolute Gasteiger partial charge is 0.331 e. The second-order valence-corrected chi connectivity index (χ2v) is 15.8. The molecular weight excluding hydrogens is 718 g/mol. The molecule has 16 heteroatoms. The Morgan fingerprint density at radius 1 is 1.09 bits per heavy atom. The third kappa shape index (κ3) is 11.1. The SMILES string of the molecule is CC[C@H]1OC(=O)[C@H](C)[C@@H](OC(=O)/C=C/c2ccc([N+](=O)[O-])cc2)[C@H](C)[C@@H](O[C@@H]2O[C@H](C)C[C@H](N(C)C)[C@H]2O)[C@](C)(OC)C[C@@H](C)NC(=O)[C@H](C)[C@@H](O)[C@]1(C)O. The van der Waals surface area contributed by atoms with E-state index in [2.05, 4.69) is 5.32 Å². The van der Waals surface area contributed by atoms with Crippen LogP contribution in [0.1, 0.15) is 80.2 Å². The third-order valence-corrected chi connectivity index (χ3v) is 11.1. The Kier molecular flexibility index (Phi) is 15.9. The lowest BCUT2D eigenvalue weighted by Crippen LogP contribution is -2.60. The van der Waals surface area contributed by atoms with Gasteiger partial charge in [-0.3, -0.25) is 19.7 Å². The second kappa shape index (κ2) is 19.1. The highest BCUT2D eigenvalue weighted by Crippen LogP contribution is 2.38. The van der Waals surface area contributed by atoms with Gasteiger partial charge in [0, 0.05) is 43.3 Å². The summed E-state index contributed by atoms with van der Waals surface area (Å²) in [5.41, 5.74) is -3.01. The standard InChI is InChI=1S/C39H61N3O13/c1-12-29-39(8,48)33(45)25(6)35(46)40-21(2)20-38(7,51-11)34(55-37-31(44)28(41(9)10)19-22(3)52-37)23(4)32(24(5)36(47)53-29)54-30(43)18-15-26-13-16-27(17-14-26)42(49)50/h13-18,21-25,28-29,31-34,37,44-45,48H,12,19-20H2,1-11H3,(H,40,46)/b18-15+/t21-,22-,23+,24-,25-,28+,29-,31-,32+,33-,34-,37+,38-,39-/m1/s1. The number of non-ortho nitro benzene ring substituents is 1. The van der Waals surface area contributed by atoms with Gasteiger partial charge in [0.2, 0.25) is 5.91 Å². The number of nitrogens with zero attached hydrogens (tertiary/aromatic N) is 2. The largest absolute Gasteiger partial charge is 0.459 e. The number of cyclic esters (lactones) is 1. The van der Waals surface area contributed by atoms with E-state index in [0.717, 1.165) is 6.08 Å². The van der Waals surface area contributed by atoms with Crippen LogP contribution in [0, 0.1) is 27.9 Å². The van der Waals surface area contributed by atoms with Crippen molar-refractivity contribution in [3.05, 3.63) is 46.0 Å². The molecule has 4 N–H and O–H groups in total. The molecule has 0 radical (unpaired) electrons. The van der Waals surface area contributed by atoms with Gasteiger partial charge >= 0.3 is 11.9 Å². The van der Waals surface area contributed by atoms with Crippen LogP contribution in [-0.4, -0.2) is 130 Å². The van der Waals surface area contributed by atoms with E-state index in [-0.39, 0.29) is 30.7 Å². The Balaban J connectivity index is 2.17. The minimum Gasteiger partial charge on any atom is -0.459 e. The highest BCUT2D eigenvalue weighted by molar-refractivity contribution is 5.87. The number of amides is 1. The molecule has 3 rings (SSSR count). The van der Waals surface area contributed by atoms with Crippen molar-refractivity contribution in [2.75, 3.05) is 21.2 Å². The number of hydrogen-bond acceptors (Lipinski definition) is 14. The third-order valence-electron chi connectivity index (χ3n) is 11.1. The van der Waals surface area contributed by atoms with Crippen LogP contribution in [0.15, 0.2) is 30.3 Å². The zero-order valence-electron chi connectivity index (χ0n) is 33.8. The first-order valence-electron chi connectivity index (χ1n) is 18.8. The molecule has 0 bridgehead atoms. The zero-order chi connectivity index (χ0) is 41.6. The number of aliphatic hydroxyl groups excluding tert-OH is 2. The fraction of sp³-hybridized carbons (Fsp3) is 0.718. The monoisotopic (exact) mass is 779 g/mol. The number of carbonyl (C=O) groups excluding carboxylic acids is 3. The van der Waals surface area contributed by atoms with E-state index < -0.39 is 94.6 Å². The number of nitro groups is 1. The van der Waals surface area contributed by atoms with E-state index in [4.69, 9.17) is 23.7 Å². The van der Waals surface area contributed by atoms with Gasteiger partial charge in [-0.05, 0) is 91.7 Å². The molecular formula is C39H61N3O13. The van der Waals surface area contributed by atoms with Crippen LogP contribution in [0.3, 0.4) is 0 Å². The van der Waals surface area contributed by atoms with E-state index >= 15 is 0 Å². The molecule has 2 heterocycles. The van der Waals surface area contributed by atoms with Crippen LogP contribution in [-0.2, 0) is 38.1 Å². The summed E-state index contributed by atoms with van der Waals surface area (Å²) in [6.07, 6.45) is -4.65. The second-order valence-electron chi connectivity index (χ2n) is 15.8. The number of aliphatic hydroxyl groups is 3. The van der Waals surface area contributed by atoms with Crippen LogP contribution in [0.5, 0.6) is 0 Å². The van der Waals surface area contributed by atoms with Gasteiger partial charge in [0.15, 0.2) is 6.29 Å². The van der Waals surface area contributed by atoms with Crippen molar-refractivity contribution in [1.29, 1.82) is 0 Å². The minimum atomic E-state index is -2.06. The molecule has 1 amide bonds. The van der Waals surface area contributed by atoms with Gasteiger partial charge in [-0.1, -0.05) is 20.8 Å². The molecule has 1 aromatic carbocycles. The quantitative estimate of drug-likeness (QED) is 0.123. The molecule has 14 atom stereocenters. The molecule has 0 unspecified atom stereocenters. The molecule has 16 nitrogen and oxygen atoms in total. The molecule has 310 valence electrons. The van der Waals surface area contributed by atoms with Gasteiger partial charge in [0.1, 0.15) is 23.9 Å². The molecule has 0 aromatic heterocycles. The number of benzene rings is 1. The van der Waals surface area contributed by atoms with Crippen molar-refractivity contribution in [2.24, 2.45) is 17.8 Å². The van der Waals surface area contributed by atoms with Crippen molar-refractivity contribution in [3.8, 4) is 0 Å². The maximum atomic E-state index is 14.1. The Morgan fingerprint density at radius 2 is 1.71 bits per heavy atom. The fourth-order valence-electron chi connectivity index (χ4n) is 7.69. The van der Waals surface area contributed by atoms with Gasteiger partial charge in [0.05, 0.1) is 40.7 Å². The minimum absolute atomic E-state index is 0.0703. The Bertz CT molecular complexity index is 1500. The van der Waals surface area contributed by atoms with Crippen molar-refractivity contribution >= 4 is 29.6 Å². The van der Waals surface area contributed by atoms with Gasteiger partial charge < -0.3 is 49.2 Å². The molecule has 2 fully saturated rings. The molecule has 2 aliphatic rings. The number of esters is 2. The molecule has 2 aliphatic heterocycles. The Hall–Kier alpha value is -3.51. The van der Waals surface area contributed by atoms with E-state index in [1.807, 2.05) is 25.9 Å². The lowest BCUT2D eigenvalue weighted by molar-refractivity contribution is -0.384. The molecule has 2 saturated heterocycles. The molecule has 0 spiro atoms. The molecule has 1 aromatic rings. The molecule has 55 heavy (non-hydrogen) atoms. The van der Waals surface area contributed by atoms with Crippen LogP contribution in [0.25, 0.3) is 6.08 Å². The fourth-order valence-corrected chi connectivity index (χ4v) is 7.69. The average molecular weight is 780 g/mol. The number of nitro benzene ring substituents is 1. The number of methoxy groups -OCH3 is 1. The summed E-state index contributed by atoms with van der Waals surface area (Å²) < 4.78 is 30.9. The van der Waals surface area contributed by atoms with Crippen LogP contribution in [0.4, 0.5) is 5.69 Å². The van der Waals surface area contributed by atoms with E-state index in [9.17, 15) is 39.8 Å². The lowest BCUT2D eigenvalue weighted by Gasteiger charge is -2.48. The average Bonchev–Trinajstić information content (AvgIpc) is 3.13. The van der Waals surface area contributed by atoms with Crippen molar-refractivity contribution in [3.63, 3.8) is 0 Å². The van der Waals surface area contributed by atoms with Crippen LogP contribution in [0.2, 0.25) is 0 Å². The van der Waals surface area contributed by atoms with E-state index in [1.54, 1.807) is 27.7 Å². The number of nitrogens with one attached hydrogen (secondary N) is 1. The lowest BCUT2D eigenvalue weighted by atomic mass is 9.78. The first kappa shape index (κ1) is 45.9. The van der Waals surface area contributed by atoms with Crippen LogP contribution < -0.4 is 5.32 Å². The normalized spacial score (nSPS) is 38.5. The van der Waals surface area contributed by atoms with E-state index in [0.29, 0.717) is 12.0 Å². The molecule has 0 aliphatic carbocycles. The zero-order valence-corrected chi connectivity index (χ0v) is 33.8. The number of ether oxygens (including phenoxy) is 5. The van der Waals surface area contributed by atoms with Crippen molar-refractivity contribution in [2.45, 2.75) is 141 Å². The number of carbonyl (C=O) groups is 3. The highest BCUT2D eigenvalue weighted by atomic mass is 16.7. The van der Waals surface area contributed by atoms with E-state index in [1.165, 1.54) is 58.2 Å². The summed E-state index contributed by atoms with van der Waals surface area (Å²) in [6, 6.07) is 4.58. The number of rotatable bonds is 9. The first-order chi connectivity index (χ1) is 25.6. The summed E-state index contributed by atoms with van der Waals surface area (Å²) in [6.45, 7) is 13.0. The number of likely N-dealkylation sites (N-methyl/N-ethyl adjacent to an activating group) is 1. The summed E-state index contributed by atoms with van der Waals surface area (Å²) in [7, 11) is 5.13. The predicted molar refractivity (Wildman–Crippen MR) is 201 cm³/mol. The summed E-state index contributed by atoms with van der Waals surface area (Å²) in [5.74, 6) is -5.51. The Labute approximate surface area is 323 Å². The van der Waals surface area contributed by atoms with Gasteiger partial charge in [-0.25, -0.2) is 4.79 Å².